The second-order valence-electron chi connectivity index (χ2n) is 9.06. The molecule has 0 atom stereocenters. The number of benzene rings is 3. The Morgan fingerprint density at radius 1 is 1.14 bits per heavy atom. The summed E-state index contributed by atoms with van der Waals surface area (Å²) in [5.41, 5.74) is 6.34. The average Bonchev–Trinajstić information content (AvgIpc) is 3.23. The third kappa shape index (κ3) is 5.06. The highest BCUT2D eigenvalue weighted by Crippen LogP contribution is 2.37. The quantitative estimate of drug-likeness (QED) is 0.364. The van der Waals surface area contributed by atoms with E-state index in [-0.39, 0.29) is 11.0 Å². The number of sulfone groups is 1. The number of piperidine rings is 1. The van der Waals surface area contributed by atoms with Gasteiger partial charge in [-0.15, -0.1) is 0 Å². The van der Waals surface area contributed by atoms with Crippen LogP contribution in [0.4, 0.5) is 9.52 Å². The van der Waals surface area contributed by atoms with E-state index < -0.39 is 31.9 Å². The fourth-order valence-electron chi connectivity index (χ4n) is 4.60. The van der Waals surface area contributed by atoms with Crippen LogP contribution in [0.2, 0.25) is 5.02 Å². The van der Waals surface area contributed by atoms with Gasteiger partial charge in [0.15, 0.2) is 15.0 Å². The van der Waals surface area contributed by atoms with Crippen molar-refractivity contribution in [3.63, 3.8) is 0 Å². The van der Waals surface area contributed by atoms with Crippen molar-refractivity contribution in [3.05, 3.63) is 88.2 Å². The van der Waals surface area contributed by atoms with Crippen molar-refractivity contribution in [3.8, 4) is 0 Å². The third-order valence-electron chi connectivity index (χ3n) is 6.60. The zero-order valence-electron chi connectivity index (χ0n) is 19.5. The van der Waals surface area contributed by atoms with Gasteiger partial charge in [0.2, 0.25) is 0 Å². The van der Waals surface area contributed by atoms with Crippen LogP contribution in [0.15, 0.2) is 65.6 Å². The van der Waals surface area contributed by atoms with Gasteiger partial charge in [0, 0.05) is 29.2 Å². The van der Waals surface area contributed by atoms with Gasteiger partial charge in [-0.3, -0.25) is 4.79 Å². The first-order chi connectivity index (χ1) is 17.6. The molecule has 37 heavy (non-hydrogen) atoms. The van der Waals surface area contributed by atoms with Gasteiger partial charge in [-0.05, 0) is 48.7 Å². The first kappa shape index (κ1) is 25.6. The molecular weight excluding hydrogens is 537 g/mol. The van der Waals surface area contributed by atoms with Gasteiger partial charge in [0.05, 0.1) is 21.6 Å². The molecule has 0 aliphatic carbocycles. The number of thiazole rings is 1. The van der Waals surface area contributed by atoms with Crippen molar-refractivity contribution in [2.45, 2.75) is 29.1 Å². The summed E-state index contributed by atoms with van der Waals surface area (Å²) in [5.74, 6) is -1.50. The molecule has 2 heterocycles. The Balaban J connectivity index is 1.27. The van der Waals surface area contributed by atoms with E-state index in [2.05, 4.69) is 4.98 Å². The number of anilines is 1. The van der Waals surface area contributed by atoms with Crippen LogP contribution in [0.1, 0.15) is 34.3 Å². The number of amides is 1. The average molecular weight is 560 g/mol. The number of nitrogens with zero attached hydrogens (tertiary/aromatic N) is 2. The topological polar surface area (TPSA) is 114 Å². The van der Waals surface area contributed by atoms with Gasteiger partial charge in [0.25, 0.3) is 5.91 Å². The molecular formula is C26H23ClFN3O4S2. The van der Waals surface area contributed by atoms with Gasteiger partial charge in [0.1, 0.15) is 10.7 Å². The highest BCUT2D eigenvalue weighted by molar-refractivity contribution is 7.90. The van der Waals surface area contributed by atoms with Crippen molar-refractivity contribution < 1.29 is 22.7 Å². The number of aromatic nitrogens is 1. The van der Waals surface area contributed by atoms with Crippen molar-refractivity contribution in [2.24, 2.45) is 0 Å². The summed E-state index contributed by atoms with van der Waals surface area (Å²) in [6.45, 7) is 0.694. The van der Waals surface area contributed by atoms with E-state index in [4.69, 9.17) is 17.3 Å². The van der Waals surface area contributed by atoms with Gasteiger partial charge in [-0.2, -0.15) is 0 Å². The molecule has 0 saturated carbocycles. The zero-order valence-corrected chi connectivity index (χ0v) is 21.9. The smallest absolute Gasteiger partial charge is 0.253 e. The predicted octanol–water partition coefficient (Wildman–Crippen LogP) is 4.77. The molecule has 0 bridgehead atoms. The standard InChI is InChI=1S/C26H23ClFN3O4S2/c27-19-4-2-1-3-18(19)26(33)9-11-31(12-10-26)24(32)17-7-5-16(6-8-17)15-37(34,35)23-14-21-22(13-20(23)28)36-25(29)30-21/h1-8,13-14,33H,9-12,15H2,(H2,29,30). The number of hydrogen-bond acceptors (Lipinski definition) is 7. The van der Waals surface area contributed by atoms with Gasteiger partial charge >= 0.3 is 0 Å². The lowest BCUT2D eigenvalue weighted by molar-refractivity contribution is -0.0210. The highest BCUT2D eigenvalue weighted by atomic mass is 35.5. The minimum absolute atomic E-state index is 0.215. The Morgan fingerprint density at radius 3 is 2.49 bits per heavy atom. The maximum Gasteiger partial charge on any atom is 0.253 e. The minimum atomic E-state index is -4.01. The van der Waals surface area contributed by atoms with Gasteiger partial charge in [-0.1, -0.05) is 53.3 Å². The molecule has 5 rings (SSSR count). The SMILES string of the molecule is Nc1nc2cc(S(=O)(=O)Cc3ccc(C(=O)N4CCC(O)(c5ccccc5Cl)CC4)cc3)c(F)cc2s1. The Hall–Kier alpha value is -3.05. The number of carbonyl (C=O) groups excluding carboxylic acids is 1. The van der Waals surface area contributed by atoms with Crippen molar-refractivity contribution in [1.82, 2.24) is 9.88 Å². The molecule has 1 aliphatic heterocycles. The molecule has 0 unspecified atom stereocenters. The van der Waals surface area contributed by atoms with Crippen molar-refractivity contribution in [2.75, 3.05) is 18.8 Å². The molecule has 1 amide bonds. The third-order valence-corrected chi connectivity index (χ3v) is 9.48. The Bertz CT molecular complexity index is 1600. The number of nitrogens with two attached hydrogens (primary N) is 1. The summed E-state index contributed by atoms with van der Waals surface area (Å²) in [7, 11) is -4.01. The van der Waals surface area contributed by atoms with E-state index in [1.165, 1.54) is 6.07 Å². The maximum atomic E-state index is 14.6. The van der Waals surface area contributed by atoms with Crippen LogP contribution in [0.25, 0.3) is 10.2 Å². The van der Waals surface area contributed by atoms with E-state index in [0.29, 0.717) is 57.9 Å². The van der Waals surface area contributed by atoms with Crippen LogP contribution in [-0.2, 0) is 21.2 Å². The molecule has 1 saturated heterocycles. The predicted molar refractivity (Wildman–Crippen MR) is 142 cm³/mol. The number of rotatable bonds is 5. The number of hydrogen-bond donors (Lipinski definition) is 2. The first-order valence-corrected chi connectivity index (χ1v) is 14.3. The molecule has 0 radical (unpaired) electrons. The minimum Gasteiger partial charge on any atom is -0.385 e. The molecule has 1 aliphatic rings. The summed E-state index contributed by atoms with van der Waals surface area (Å²) < 4.78 is 40.9. The number of likely N-dealkylation sites (tertiary alicyclic amines) is 1. The fraction of sp³-hybridized carbons (Fsp3) is 0.231. The second-order valence-corrected chi connectivity index (χ2v) is 12.5. The monoisotopic (exact) mass is 559 g/mol. The molecule has 0 spiro atoms. The second kappa shape index (κ2) is 9.68. The number of halogens is 2. The molecule has 1 aromatic heterocycles. The van der Waals surface area contributed by atoms with Crippen LogP contribution in [0, 0.1) is 5.82 Å². The molecule has 4 aromatic rings. The van der Waals surface area contributed by atoms with Crippen LogP contribution < -0.4 is 5.73 Å². The Kier molecular flexibility index (Phi) is 6.70. The van der Waals surface area contributed by atoms with E-state index in [1.807, 2.05) is 6.07 Å². The molecule has 11 heteroatoms. The lowest BCUT2D eigenvalue weighted by Gasteiger charge is -2.39. The van der Waals surface area contributed by atoms with Crippen molar-refractivity contribution in [1.29, 1.82) is 0 Å². The van der Waals surface area contributed by atoms with Gasteiger partial charge in [-0.25, -0.2) is 17.8 Å². The lowest BCUT2D eigenvalue weighted by atomic mass is 9.84. The first-order valence-electron chi connectivity index (χ1n) is 11.5. The molecule has 7 nitrogen and oxygen atoms in total. The Morgan fingerprint density at radius 2 is 1.81 bits per heavy atom. The summed E-state index contributed by atoms with van der Waals surface area (Å²) in [6.07, 6.45) is 0.693. The largest absolute Gasteiger partial charge is 0.385 e. The van der Waals surface area contributed by atoms with Crippen LogP contribution in [0.5, 0.6) is 0 Å². The van der Waals surface area contributed by atoms with E-state index >= 15 is 0 Å². The zero-order chi connectivity index (χ0) is 26.4. The maximum absolute atomic E-state index is 14.6. The molecule has 1 fully saturated rings. The molecule has 3 N–H and O–H groups in total. The van der Waals surface area contributed by atoms with E-state index in [1.54, 1.807) is 47.4 Å². The van der Waals surface area contributed by atoms with Gasteiger partial charge < -0.3 is 15.7 Å². The lowest BCUT2D eigenvalue weighted by Crippen LogP contribution is -2.45. The molecule has 3 aromatic carbocycles. The summed E-state index contributed by atoms with van der Waals surface area (Å²) in [6, 6.07) is 15.7. The highest BCUT2D eigenvalue weighted by Gasteiger charge is 2.37. The number of nitrogen functional groups attached to an aromatic ring is 1. The van der Waals surface area contributed by atoms with E-state index in [9.17, 15) is 22.7 Å². The van der Waals surface area contributed by atoms with Crippen LogP contribution >= 0.6 is 22.9 Å². The number of fused-ring (bicyclic) bond motifs is 1. The Labute approximate surface area is 222 Å². The fourth-order valence-corrected chi connectivity index (χ4v) is 7.08. The van der Waals surface area contributed by atoms with Crippen molar-refractivity contribution >= 4 is 54.0 Å². The number of carbonyl (C=O) groups is 1. The van der Waals surface area contributed by atoms with Crippen LogP contribution in [0.3, 0.4) is 0 Å². The summed E-state index contributed by atoms with van der Waals surface area (Å²) >= 11 is 7.35. The van der Waals surface area contributed by atoms with Crippen LogP contribution in [-0.4, -0.2) is 42.4 Å². The number of aliphatic hydroxyl groups is 1. The summed E-state index contributed by atoms with van der Waals surface area (Å²) in [5, 5.41) is 11.8. The van der Waals surface area contributed by atoms with E-state index in [0.717, 1.165) is 17.4 Å². The summed E-state index contributed by atoms with van der Waals surface area (Å²) in [4.78, 5) is 18.3. The normalized spacial score (nSPS) is 15.7. The molecule has 192 valence electrons.